The quantitative estimate of drug-likeness (QED) is 0.841. The van der Waals surface area contributed by atoms with E-state index in [1.807, 2.05) is 6.92 Å². The first-order chi connectivity index (χ1) is 10.1. The van der Waals surface area contributed by atoms with Crippen molar-refractivity contribution in [3.8, 4) is 11.5 Å². The molecule has 0 N–H and O–H groups in total. The summed E-state index contributed by atoms with van der Waals surface area (Å²) in [6.07, 6.45) is -0.459. The number of fused-ring (bicyclic) bond motifs is 1. The van der Waals surface area contributed by atoms with E-state index in [0.717, 1.165) is 5.56 Å². The minimum Gasteiger partial charge on any atom is -0.497 e. The highest BCUT2D eigenvalue weighted by Gasteiger charge is 2.29. The Hall–Kier alpha value is -2.36. The number of aryl methyl sites for hydroxylation is 1. The third kappa shape index (κ3) is 2.49. The van der Waals surface area contributed by atoms with Crippen molar-refractivity contribution in [2.75, 3.05) is 7.11 Å². The first-order valence-electron chi connectivity index (χ1n) is 6.72. The Morgan fingerprint density at radius 1 is 1.24 bits per heavy atom. The molecule has 2 aromatic carbocycles. The molecule has 0 bridgehead atoms. The maximum Gasteiger partial charge on any atom is 0.170 e. The molecule has 0 aliphatic carbocycles. The number of hydrogen-bond donors (Lipinski definition) is 0. The van der Waals surface area contributed by atoms with Crippen molar-refractivity contribution in [1.29, 1.82) is 0 Å². The lowest BCUT2D eigenvalue weighted by Crippen LogP contribution is -2.21. The lowest BCUT2D eigenvalue weighted by atomic mass is 9.95. The monoisotopic (exact) mass is 286 g/mol. The molecule has 2 aromatic rings. The van der Waals surface area contributed by atoms with Gasteiger partial charge in [0.2, 0.25) is 0 Å². The minimum atomic E-state index is -0.585. The predicted molar refractivity (Wildman–Crippen MR) is 76.4 cm³/mol. The van der Waals surface area contributed by atoms with Crippen molar-refractivity contribution in [3.63, 3.8) is 0 Å². The molecule has 3 nitrogen and oxygen atoms in total. The molecule has 21 heavy (non-hydrogen) atoms. The van der Waals surface area contributed by atoms with Gasteiger partial charge in [0.25, 0.3) is 0 Å². The van der Waals surface area contributed by atoms with E-state index in [1.165, 1.54) is 6.07 Å². The number of methoxy groups -OCH3 is 1. The SMILES string of the molecule is COc1ccc2c(c1)C(=O)CC(c1cc(C)ccc1F)O2. The van der Waals surface area contributed by atoms with Gasteiger partial charge in [-0.1, -0.05) is 11.6 Å². The van der Waals surface area contributed by atoms with Gasteiger partial charge in [0.15, 0.2) is 5.78 Å². The largest absolute Gasteiger partial charge is 0.497 e. The van der Waals surface area contributed by atoms with Crippen LogP contribution in [0.4, 0.5) is 4.39 Å². The smallest absolute Gasteiger partial charge is 0.170 e. The van der Waals surface area contributed by atoms with Gasteiger partial charge in [-0.2, -0.15) is 0 Å². The van der Waals surface area contributed by atoms with Crippen molar-refractivity contribution >= 4 is 5.78 Å². The zero-order valence-corrected chi connectivity index (χ0v) is 11.9. The lowest BCUT2D eigenvalue weighted by molar-refractivity contribution is 0.0845. The van der Waals surface area contributed by atoms with E-state index in [4.69, 9.17) is 9.47 Å². The summed E-state index contributed by atoms with van der Waals surface area (Å²) < 4.78 is 24.9. The lowest BCUT2D eigenvalue weighted by Gasteiger charge is -2.26. The van der Waals surface area contributed by atoms with Gasteiger partial charge in [-0.25, -0.2) is 4.39 Å². The highest BCUT2D eigenvalue weighted by atomic mass is 19.1. The molecular weight excluding hydrogens is 271 g/mol. The number of Topliss-reactive ketones (excluding diaryl/α,β-unsaturated/α-hetero) is 1. The molecule has 1 aliphatic heterocycles. The molecule has 1 unspecified atom stereocenters. The molecule has 108 valence electrons. The molecule has 1 atom stereocenters. The molecule has 1 aliphatic rings. The van der Waals surface area contributed by atoms with Gasteiger partial charge in [-0.05, 0) is 37.3 Å². The number of ether oxygens (including phenoxy) is 2. The summed E-state index contributed by atoms with van der Waals surface area (Å²) in [5, 5.41) is 0. The van der Waals surface area contributed by atoms with Crippen LogP contribution in [0.1, 0.15) is 34.0 Å². The van der Waals surface area contributed by atoms with E-state index in [2.05, 4.69) is 0 Å². The Labute approximate surface area is 122 Å². The van der Waals surface area contributed by atoms with E-state index in [-0.39, 0.29) is 18.0 Å². The molecule has 0 saturated carbocycles. The number of rotatable bonds is 2. The summed E-state index contributed by atoms with van der Waals surface area (Å²) in [7, 11) is 1.54. The van der Waals surface area contributed by atoms with Gasteiger partial charge in [-0.15, -0.1) is 0 Å². The highest BCUT2D eigenvalue weighted by molar-refractivity contribution is 6.00. The molecule has 4 heteroatoms. The van der Waals surface area contributed by atoms with Crippen molar-refractivity contribution in [2.24, 2.45) is 0 Å². The average Bonchev–Trinajstić information content (AvgIpc) is 2.49. The Bertz CT molecular complexity index is 709. The molecule has 0 amide bonds. The van der Waals surface area contributed by atoms with Crippen molar-refractivity contribution in [1.82, 2.24) is 0 Å². The Balaban J connectivity index is 1.98. The summed E-state index contributed by atoms with van der Waals surface area (Å²) in [4.78, 5) is 12.3. The van der Waals surface area contributed by atoms with Crippen molar-refractivity contribution in [2.45, 2.75) is 19.4 Å². The van der Waals surface area contributed by atoms with E-state index in [1.54, 1.807) is 37.4 Å². The second kappa shape index (κ2) is 5.20. The van der Waals surface area contributed by atoms with Gasteiger partial charge >= 0.3 is 0 Å². The Kier molecular flexibility index (Phi) is 3.37. The summed E-state index contributed by atoms with van der Waals surface area (Å²) in [6, 6.07) is 9.89. The summed E-state index contributed by atoms with van der Waals surface area (Å²) >= 11 is 0. The van der Waals surface area contributed by atoms with Crippen molar-refractivity contribution in [3.05, 3.63) is 58.9 Å². The summed E-state index contributed by atoms with van der Waals surface area (Å²) in [5.74, 6) is 0.653. The summed E-state index contributed by atoms with van der Waals surface area (Å²) in [6.45, 7) is 1.88. The van der Waals surface area contributed by atoms with Gasteiger partial charge in [0.1, 0.15) is 23.4 Å². The fourth-order valence-corrected chi connectivity index (χ4v) is 2.51. The van der Waals surface area contributed by atoms with Crippen LogP contribution in [0.15, 0.2) is 36.4 Å². The van der Waals surface area contributed by atoms with Crippen LogP contribution in [0.5, 0.6) is 11.5 Å². The molecule has 0 aromatic heterocycles. The molecule has 0 saturated heterocycles. The Morgan fingerprint density at radius 3 is 2.81 bits per heavy atom. The Morgan fingerprint density at radius 2 is 2.05 bits per heavy atom. The zero-order chi connectivity index (χ0) is 15.0. The van der Waals surface area contributed by atoms with Gasteiger partial charge < -0.3 is 9.47 Å². The van der Waals surface area contributed by atoms with Crippen LogP contribution >= 0.6 is 0 Å². The first-order valence-corrected chi connectivity index (χ1v) is 6.72. The third-order valence-electron chi connectivity index (χ3n) is 3.63. The first kappa shape index (κ1) is 13.6. The van der Waals surface area contributed by atoms with Crippen LogP contribution in [0.2, 0.25) is 0 Å². The fraction of sp³-hybridized carbons (Fsp3) is 0.235. The molecule has 0 spiro atoms. The van der Waals surface area contributed by atoms with Crippen LogP contribution < -0.4 is 9.47 Å². The van der Waals surface area contributed by atoms with E-state index in [9.17, 15) is 9.18 Å². The van der Waals surface area contributed by atoms with Gasteiger partial charge in [-0.3, -0.25) is 4.79 Å². The number of carbonyl (C=O) groups is 1. The van der Waals surface area contributed by atoms with Crippen molar-refractivity contribution < 1.29 is 18.7 Å². The van der Waals surface area contributed by atoms with Crippen LogP contribution in [-0.2, 0) is 0 Å². The topological polar surface area (TPSA) is 35.5 Å². The average molecular weight is 286 g/mol. The summed E-state index contributed by atoms with van der Waals surface area (Å²) in [5.41, 5.74) is 1.84. The normalized spacial score (nSPS) is 17.1. The molecule has 1 heterocycles. The maximum absolute atomic E-state index is 14.0. The maximum atomic E-state index is 14.0. The van der Waals surface area contributed by atoms with E-state index >= 15 is 0 Å². The second-order valence-electron chi connectivity index (χ2n) is 5.12. The predicted octanol–water partition coefficient (Wildman–Crippen LogP) is 3.85. The number of halogens is 1. The zero-order valence-electron chi connectivity index (χ0n) is 11.9. The highest BCUT2D eigenvalue weighted by Crippen LogP contribution is 2.37. The van der Waals surface area contributed by atoms with E-state index in [0.29, 0.717) is 22.6 Å². The number of carbonyl (C=O) groups excluding carboxylic acids is 1. The fourth-order valence-electron chi connectivity index (χ4n) is 2.51. The van der Waals surface area contributed by atoms with Gasteiger partial charge in [0.05, 0.1) is 19.1 Å². The number of hydrogen-bond acceptors (Lipinski definition) is 3. The molecule has 0 fully saturated rings. The number of benzene rings is 2. The number of ketones is 1. The molecule has 0 radical (unpaired) electrons. The molecule has 3 rings (SSSR count). The second-order valence-corrected chi connectivity index (χ2v) is 5.12. The van der Waals surface area contributed by atoms with Gasteiger partial charge in [0, 0.05) is 5.56 Å². The van der Waals surface area contributed by atoms with Crippen LogP contribution in [0.25, 0.3) is 0 Å². The minimum absolute atomic E-state index is 0.0685. The van der Waals surface area contributed by atoms with Crippen LogP contribution in [-0.4, -0.2) is 12.9 Å². The molecular formula is C17H15FO3. The van der Waals surface area contributed by atoms with Crippen LogP contribution in [0.3, 0.4) is 0 Å². The van der Waals surface area contributed by atoms with Crippen LogP contribution in [0, 0.1) is 12.7 Å². The third-order valence-corrected chi connectivity index (χ3v) is 3.63. The standard InChI is InChI=1S/C17H15FO3/c1-10-3-5-14(18)12(7-10)17-9-15(19)13-8-11(20-2)4-6-16(13)21-17/h3-8,17H,9H2,1-2H3. The van der Waals surface area contributed by atoms with E-state index < -0.39 is 6.10 Å².